The quantitative estimate of drug-likeness (QED) is 0.851. The predicted octanol–water partition coefficient (Wildman–Crippen LogP) is 4.46. The molecule has 19 heavy (non-hydrogen) atoms. The van der Waals surface area contributed by atoms with Crippen molar-refractivity contribution in [3.05, 3.63) is 59.7 Å². The summed E-state index contributed by atoms with van der Waals surface area (Å²) in [6.45, 7) is 4.25. The van der Waals surface area contributed by atoms with Gasteiger partial charge in [0.25, 0.3) is 0 Å². The van der Waals surface area contributed by atoms with E-state index < -0.39 is 0 Å². The van der Waals surface area contributed by atoms with Crippen LogP contribution in [-0.4, -0.2) is 7.05 Å². The molecule has 0 spiro atoms. The van der Waals surface area contributed by atoms with Gasteiger partial charge in [-0.3, -0.25) is 0 Å². The molecule has 0 amide bonds. The molecule has 0 aliphatic carbocycles. The Labute approximate surface area is 115 Å². The van der Waals surface area contributed by atoms with E-state index in [0.29, 0.717) is 6.04 Å². The van der Waals surface area contributed by atoms with Gasteiger partial charge in [-0.05, 0) is 38.6 Å². The lowest BCUT2D eigenvalue weighted by Crippen LogP contribution is -2.15. The van der Waals surface area contributed by atoms with Gasteiger partial charge < -0.3 is 10.1 Å². The van der Waals surface area contributed by atoms with Crippen molar-refractivity contribution >= 4 is 0 Å². The van der Waals surface area contributed by atoms with Gasteiger partial charge >= 0.3 is 0 Å². The molecule has 2 heteroatoms. The molecule has 2 rings (SSSR count). The summed E-state index contributed by atoms with van der Waals surface area (Å²) in [4.78, 5) is 0. The average molecular weight is 255 g/mol. The Morgan fingerprint density at radius 2 is 1.74 bits per heavy atom. The Morgan fingerprint density at radius 3 is 2.37 bits per heavy atom. The first kappa shape index (κ1) is 13.6. The number of aryl methyl sites for hydroxylation is 1. The van der Waals surface area contributed by atoms with Crippen molar-refractivity contribution in [3.63, 3.8) is 0 Å². The fraction of sp³-hybridized carbons (Fsp3) is 0.294. The average Bonchev–Trinajstić information content (AvgIpc) is 2.44. The van der Waals surface area contributed by atoms with Gasteiger partial charge in [-0.25, -0.2) is 0 Å². The molecule has 0 aliphatic rings. The fourth-order valence-corrected chi connectivity index (χ4v) is 2.17. The standard InChI is InChI=1S/C17H21NO/c1-4-16(18-3)15-7-5-6-8-17(15)19-14-11-9-13(2)10-12-14/h5-12,16,18H,4H2,1-3H3. The topological polar surface area (TPSA) is 21.3 Å². The van der Waals surface area contributed by atoms with Crippen LogP contribution in [0.4, 0.5) is 0 Å². The first-order chi connectivity index (χ1) is 9.24. The third-order valence-electron chi connectivity index (χ3n) is 3.30. The molecule has 0 saturated carbocycles. The predicted molar refractivity (Wildman–Crippen MR) is 79.8 cm³/mol. The van der Waals surface area contributed by atoms with Crippen LogP contribution in [0.3, 0.4) is 0 Å². The van der Waals surface area contributed by atoms with Crippen LogP contribution < -0.4 is 10.1 Å². The molecule has 0 fully saturated rings. The summed E-state index contributed by atoms with van der Waals surface area (Å²) in [6, 6.07) is 16.7. The molecule has 0 aliphatic heterocycles. The lowest BCUT2D eigenvalue weighted by atomic mass is 10.0. The van der Waals surface area contributed by atoms with Crippen LogP contribution in [0.1, 0.15) is 30.5 Å². The highest BCUT2D eigenvalue weighted by Gasteiger charge is 2.12. The van der Waals surface area contributed by atoms with Crippen molar-refractivity contribution in [2.75, 3.05) is 7.05 Å². The monoisotopic (exact) mass is 255 g/mol. The SMILES string of the molecule is CCC(NC)c1ccccc1Oc1ccc(C)cc1. The molecule has 1 atom stereocenters. The van der Waals surface area contributed by atoms with Crippen LogP contribution in [0.5, 0.6) is 11.5 Å². The summed E-state index contributed by atoms with van der Waals surface area (Å²) in [5.74, 6) is 1.80. The summed E-state index contributed by atoms with van der Waals surface area (Å²) < 4.78 is 6.01. The van der Waals surface area contributed by atoms with Gasteiger partial charge in [0.05, 0.1) is 0 Å². The first-order valence-electron chi connectivity index (χ1n) is 6.75. The Morgan fingerprint density at radius 1 is 1.05 bits per heavy atom. The van der Waals surface area contributed by atoms with E-state index in [9.17, 15) is 0 Å². The zero-order valence-corrected chi connectivity index (χ0v) is 11.8. The molecule has 0 radical (unpaired) electrons. The summed E-state index contributed by atoms with van der Waals surface area (Å²) in [5.41, 5.74) is 2.44. The lowest BCUT2D eigenvalue weighted by molar-refractivity contribution is 0.459. The van der Waals surface area contributed by atoms with E-state index in [0.717, 1.165) is 17.9 Å². The number of hydrogen-bond acceptors (Lipinski definition) is 2. The summed E-state index contributed by atoms with van der Waals surface area (Å²) in [7, 11) is 1.98. The van der Waals surface area contributed by atoms with Gasteiger partial charge in [0.15, 0.2) is 0 Å². The maximum atomic E-state index is 6.01. The van der Waals surface area contributed by atoms with E-state index in [1.807, 2.05) is 31.3 Å². The van der Waals surface area contributed by atoms with E-state index in [1.165, 1.54) is 11.1 Å². The molecule has 0 bridgehead atoms. The van der Waals surface area contributed by atoms with Gasteiger partial charge in [-0.2, -0.15) is 0 Å². The Hall–Kier alpha value is -1.80. The lowest BCUT2D eigenvalue weighted by Gasteiger charge is -2.18. The molecule has 100 valence electrons. The van der Waals surface area contributed by atoms with Gasteiger partial charge in [-0.15, -0.1) is 0 Å². The number of nitrogens with one attached hydrogen (secondary N) is 1. The van der Waals surface area contributed by atoms with E-state index in [2.05, 4.69) is 43.4 Å². The van der Waals surface area contributed by atoms with Gasteiger partial charge in [0.1, 0.15) is 11.5 Å². The zero-order valence-electron chi connectivity index (χ0n) is 11.8. The van der Waals surface area contributed by atoms with E-state index in [-0.39, 0.29) is 0 Å². The van der Waals surface area contributed by atoms with E-state index in [4.69, 9.17) is 4.74 Å². The Bertz CT molecular complexity index is 515. The molecule has 1 N–H and O–H groups in total. The van der Waals surface area contributed by atoms with Crippen molar-refractivity contribution in [1.82, 2.24) is 5.32 Å². The zero-order chi connectivity index (χ0) is 13.7. The second kappa shape index (κ2) is 6.39. The highest BCUT2D eigenvalue weighted by atomic mass is 16.5. The van der Waals surface area contributed by atoms with Crippen LogP contribution in [-0.2, 0) is 0 Å². The number of rotatable bonds is 5. The van der Waals surface area contributed by atoms with E-state index >= 15 is 0 Å². The maximum Gasteiger partial charge on any atom is 0.132 e. The second-order valence-electron chi connectivity index (χ2n) is 4.70. The Balaban J connectivity index is 2.27. The van der Waals surface area contributed by atoms with Crippen LogP contribution in [0, 0.1) is 6.92 Å². The van der Waals surface area contributed by atoms with Crippen LogP contribution in [0.25, 0.3) is 0 Å². The minimum Gasteiger partial charge on any atom is -0.457 e. The van der Waals surface area contributed by atoms with Crippen LogP contribution in [0.15, 0.2) is 48.5 Å². The summed E-state index contributed by atoms with van der Waals surface area (Å²) in [5, 5.41) is 3.32. The minimum absolute atomic E-state index is 0.321. The molecular formula is C17H21NO. The van der Waals surface area contributed by atoms with Crippen molar-refractivity contribution in [2.45, 2.75) is 26.3 Å². The van der Waals surface area contributed by atoms with Crippen molar-refractivity contribution in [1.29, 1.82) is 0 Å². The molecule has 2 nitrogen and oxygen atoms in total. The normalized spacial score (nSPS) is 12.2. The molecule has 0 saturated heterocycles. The van der Waals surface area contributed by atoms with Crippen molar-refractivity contribution in [2.24, 2.45) is 0 Å². The Kier molecular flexibility index (Phi) is 4.58. The summed E-state index contributed by atoms with van der Waals surface area (Å²) >= 11 is 0. The van der Waals surface area contributed by atoms with Gasteiger partial charge in [-0.1, -0.05) is 42.8 Å². The molecule has 2 aromatic rings. The second-order valence-corrected chi connectivity index (χ2v) is 4.70. The largest absolute Gasteiger partial charge is 0.457 e. The van der Waals surface area contributed by atoms with Crippen LogP contribution >= 0.6 is 0 Å². The molecular weight excluding hydrogens is 234 g/mol. The molecule has 2 aromatic carbocycles. The molecule has 1 unspecified atom stereocenters. The highest BCUT2D eigenvalue weighted by Crippen LogP contribution is 2.30. The smallest absolute Gasteiger partial charge is 0.132 e. The van der Waals surface area contributed by atoms with Crippen LogP contribution in [0.2, 0.25) is 0 Å². The molecule has 0 aromatic heterocycles. The number of benzene rings is 2. The number of para-hydroxylation sites is 1. The van der Waals surface area contributed by atoms with Crippen molar-refractivity contribution in [3.8, 4) is 11.5 Å². The third kappa shape index (κ3) is 3.36. The van der Waals surface area contributed by atoms with Gasteiger partial charge in [0.2, 0.25) is 0 Å². The highest BCUT2D eigenvalue weighted by molar-refractivity contribution is 5.40. The molecule has 0 heterocycles. The number of hydrogen-bond donors (Lipinski definition) is 1. The van der Waals surface area contributed by atoms with E-state index in [1.54, 1.807) is 0 Å². The third-order valence-corrected chi connectivity index (χ3v) is 3.30. The summed E-state index contributed by atoms with van der Waals surface area (Å²) in [6.07, 6.45) is 1.03. The van der Waals surface area contributed by atoms with Gasteiger partial charge in [0, 0.05) is 11.6 Å². The number of ether oxygens (including phenoxy) is 1. The fourth-order valence-electron chi connectivity index (χ4n) is 2.17. The maximum absolute atomic E-state index is 6.01. The minimum atomic E-state index is 0.321. The van der Waals surface area contributed by atoms with Crippen molar-refractivity contribution < 1.29 is 4.74 Å². The first-order valence-corrected chi connectivity index (χ1v) is 6.75.